The molecule has 0 atom stereocenters. The van der Waals surface area contributed by atoms with Crippen LogP contribution in [0.5, 0.6) is 0 Å². The lowest BCUT2D eigenvalue weighted by atomic mass is 10.0. The zero-order valence-corrected chi connectivity index (χ0v) is 15.9. The minimum Gasteiger partial charge on any atom is -0.353 e. The van der Waals surface area contributed by atoms with Crippen molar-refractivity contribution in [2.45, 2.75) is 65.0 Å². The molecule has 1 aromatic carbocycles. The van der Waals surface area contributed by atoms with E-state index >= 15 is 0 Å². The summed E-state index contributed by atoms with van der Waals surface area (Å²) >= 11 is 0. The fourth-order valence-electron chi connectivity index (χ4n) is 3.07. The van der Waals surface area contributed by atoms with Gasteiger partial charge in [0.05, 0.1) is 0 Å². The molecule has 3 amide bonds. The maximum atomic E-state index is 12.2. The Balaban J connectivity index is 1.72. The van der Waals surface area contributed by atoms with Gasteiger partial charge in [0, 0.05) is 31.1 Å². The molecule has 0 saturated carbocycles. The van der Waals surface area contributed by atoms with Gasteiger partial charge < -0.3 is 15.5 Å². The fraction of sp³-hybridized carbons (Fsp3) is 0.600. The van der Waals surface area contributed by atoms with E-state index in [2.05, 4.69) is 29.7 Å². The molecule has 0 aromatic heterocycles. The lowest BCUT2D eigenvalue weighted by Gasteiger charge is -2.34. The molecule has 5 nitrogen and oxygen atoms in total. The van der Waals surface area contributed by atoms with Gasteiger partial charge in [-0.05, 0) is 58.1 Å². The van der Waals surface area contributed by atoms with E-state index in [0.29, 0.717) is 19.5 Å². The predicted molar refractivity (Wildman–Crippen MR) is 101 cm³/mol. The standard InChI is InChI=1S/C20H31N3O2/c1-15-7-5-6-8-16(15)9-10-18(24)21-17-11-13-23(14-12-17)19(25)22-20(2,3)4/h5-8,17H,9-14H2,1-4H3,(H,21,24)(H,22,25). The number of urea groups is 1. The smallest absolute Gasteiger partial charge is 0.317 e. The summed E-state index contributed by atoms with van der Waals surface area (Å²) in [6.07, 6.45) is 2.91. The number of hydrogen-bond donors (Lipinski definition) is 2. The van der Waals surface area contributed by atoms with Crippen LogP contribution in [0.25, 0.3) is 0 Å². The lowest BCUT2D eigenvalue weighted by molar-refractivity contribution is -0.122. The van der Waals surface area contributed by atoms with Crippen molar-refractivity contribution in [3.63, 3.8) is 0 Å². The van der Waals surface area contributed by atoms with Crippen molar-refractivity contribution < 1.29 is 9.59 Å². The van der Waals surface area contributed by atoms with E-state index in [1.807, 2.05) is 37.8 Å². The van der Waals surface area contributed by atoms with Crippen LogP contribution in [0.1, 0.15) is 51.2 Å². The number of benzene rings is 1. The Bertz CT molecular complexity index is 599. The van der Waals surface area contributed by atoms with Crippen LogP contribution in [0.3, 0.4) is 0 Å². The van der Waals surface area contributed by atoms with Gasteiger partial charge >= 0.3 is 6.03 Å². The summed E-state index contributed by atoms with van der Waals surface area (Å²) in [4.78, 5) is 26.2. The van der Waals surface area contributed by atoms with Crippen molar-refractivity contribution in [3.8, 4) is 0 Å². The summed E-state index contributed by atoms with van der Waals surface area (Å²) in [6.45, 7) is 9.38. The Hall–Kier alpha value is -2.04. The van der Waals surface area contributed by atoms with Crippen molar-refractivity contribution >= 4 is 11.9 Å². The predicted octanol–water partition coefficient (Wildman–Crippen LogP) is 3.02. The molecule has 0 spiro atoms. The van der Waals surface area contributed by atoms with Gasteiger partial charge in [0.1, 0.15) is 0 Å². The quantitative estimate of drug-likeness (QED) is 0.881. The highest BCUT2D eigenvalue weighted by Crippen LogP contribution is 2.13. The van der Waals surface area contributed by atoms with Gasteiger partial charge in [0.2, 0.25) is 5.91 Å². The molecular weight excluding hydrogens is 314 g/mol. The van der Waals surface area contributed by atoms with Crippen LogP contribution in [0.2, 0.25) is 0 Å². The van der Waals surface area contributed by atoms with Crippen LogP contribution in [0.4, 0.5) is 4.79 Å². The van der Waals surface area contributed by atoms with Gasteiger partial charge in [-0.25, -0.2) is 4.79 Å². The Morgan fingerprint density at radius 2 is 1.80 bits per heavy atom. The molecule has 2 N–H and O–H groups in total. The lowest BCUT2D eigenvalue weighted by Crippen LogP contribution is -2.53. The summed E-state index contributed by atoms with van der Waals surface area (Å²) in [5, 5.41) is 6.11. The second kappa shape index (κ2) is 8.37. The van der Waals surface area contributed by atoms with Crippen molar-refractivity contribution in [1.29, 1.82) is 0 Å². The van der Waals surface area contributed by atoms with Crippen LogP contribution >= 0.6 is 0 Å². The molecule has 0 radical (unpaired) electrons. The van der Waals surface area contributed by atoms with Gasteiger partial charge in [0.15, 0.2) is 0 Å². The number of amides is 3. The SMILES string of the molecule is Cc1ccccc1CCC(=O)NC1CCN(C(=O)NC(C)(C)C)CC1. The van der Waals surface area contributed by atoms with Crippen molar-refractivity contribution in [2.24, 2.45) is 0 Å². The summed E-state index contributed by atoms with van der Waals surface area (Å²) < 4.78 is 0. The Labute approximate surface area is 151 Å². The minimum atomic E-state index is -0.224. The molecule has 1 saturated heterocycles. The van der Waals surface area contributed by atoms with E-state index in [-0.39, 0.29) is 23.5 Å². The second-order valence-electron chi connectivity index (χ2n) is 7.94. The number of rotatable bonds is 4. The van der Waals surface area contributed by atoms with Gasteiger partial charge in [0.25, 0.3) is 0 Å². The van der Waals surface area contributed by atoms with Crippen LogP contribution in [-0.4, -0.2) is 41.5 Å². The molecule has 1 fully saturated rings. The normalized spacial score (nSPS) is 15.8. The van der Waals surface area contributed by atoms with E-state index in [4.69, 9.17) is 0 Å². The number of hydrogen-bond acceptors (Lipinski definition) is 2. The zero-order chi connectivity index (χ0) is 18.4. The summed E-state index contributed by atoms with van der Waals surface area (Å²) in [6, 6.07) is 8.33. The molecule has 0 aliphatic carbocycles. The third-order valence-electron chi connectivity index (χ3n) is 4.51. The highest BCUT2D eigenvalue weighted by molar-refractivity contribution is 5.77. The molecule has 5 heteroatoms. The summed E-state index contributed by atoms with van der Waals surface area (Å²) in [7, 11) is 0. The topological polar surface area (TPSA) is 61.4 Å². The first kappa shape index (κ1) is 19.3. The van der Waals surface area contributed by atoms with Crippen LogP contribution in [0, 0.1) is 6.92 Å². The van der Waals surface area contributed by atoms with Crippen LogP contribution in [0.15, 0.2) is 24.3 Å². The number of carbonyl (C=O) groups excluding carboxylic acids is 2. The minimum absolute atomic E-state index is 0.0168. The molecule has 1 aliphatic rings. The average Bonchev–Trinajstić information content (AvgIpc) is 2.53. The zero-order valence-electron chi connectivity index (χ0n) is 15.9. The molecular formula is C20H31N3O2. The van der Waals surface area contributed by atoms with Crippen molar-refractivity contribution in [1.82, 2.24) is 15.5 Å². The Kier molecular flexibility index (Phi) is 6.45. The first-order valence-electron chi connectivity index (χ1n) is 9.15. The number of nitrogens with one attached hydrogen (secondary N) is 2. The second-order valence-corrected chi connectivity index (χ2v) is 7.94. The van der Waals surface area contributed by atoms with Gasteiger partial charge in [-0.3, -0.25) is 4.79 Å². The third kappa shape index (κ3) is 6.40. The first-order chi connectivity index (χ1) is 11.7. The van der Waals surface area contributed by atoms with E-state index in [9.17, 15) is 9.59 Å². The Morgan fingerprint density at radius 3 is 2.40 bits per heavy atom. The maximum absolute atomic E-state index is 12.2. The van der Waals surface area contributed by atoms with Crippen molar-refractivity contribution in [2.75, 3.05) is 13.1 Å². The molecule has 138 valence electrons. The number of aryl methyl sites for hydroxylation is 2. The summed E-state index contributed by atoms with van der Waals surface area (Å²) in [5.74, 6) is 0.0980. The highest BCUT2D eigenvalue weighted by Gasteiger charge is 2.25. The average molecular weight is 345 g/mol. The molecule has 1 aliphatic heterocycles. The highest BCUT2D eigenvalue weighted by atomic mass is 16.2. The molecule has 0 bridgehead atoms. The van der Waals surface area contributed by atoms with E-state index < -0.39 is 0 Å². The molecule has 1 aromatic rings. The molecule has 2 rings (SSSR count). The number of nitrogens with zero attached hydrogens (tertiary/aromatic N) is 1. The fourth-order valence-corrected chi connectivity index (χ4v) is 3.07. The van der Waals surface area contributed by atoms with Crippen LogP contribution < -0.4 is 10.6 Å². The monoisotopic (exact) mass is 345 g/mol. The van der Waals surface area contributed by atoms with E-state index in [1.54, 1.807) is 0 Å². The maximum Gasteiger partial charge on any atom is 0.317 e. The van der Waals surface area contributed by atoms with E-state index in [1.165, 1.54) is 11.1 Å². The Morgan fingerprint density at radius 1 is 1.16 bits per heavy atom. The van der Waals surface area contributed by atoms with Gasteiger partial charge in [-0.1, -0.05) is 24.3 Å². The first-order valence-corrected chi connectivity index (χ1v) is 9.15. The molecule has 0 unspecified atom stereocenters. The largest absolute Gasteiger partial charge is 0.353 e. The number of likely N-dealkylation sites (tertiary alicyclic amines) is 1. The number of carbonyl (C=O) groups is 2. The molecule has 25 heavy (non-hydrogen) atoms. The third-order valence-corrected chi connectivity index (χ3v) is 4.51. The van der Waals surface area contributed by atoms with Gasteiger partial charge in [-0.2, -0.15) is 0 Å². The van der Waals surface area contributed by atoms with Gasteiger partial charge in [-0.15, -0.1) is 0 Å². The number of piperidine rings is 1. The van der Waals surface area contributed by atoms with Crippen LogP contribution in [-0.2, 0) is 11.2 Å². The van der Waals surface area contributed by atoms with E-state index in [0.717, 1.165) is 19.3 Å². The molecule has 1 heterocycles. The van der Waals surface area contributed by atoms with Crippen molar-refractivity contribution in [3.05, 3.63) is 35.4 Å². The summed E-state index contributed by atoms with van der Waals surface area (Å²) in [5.41, 5.74) is 2.23.